The number of unbranched alkanes of at least 4 members (excludes halogenated alkanes) is 5. The summed E-state index contributed by atoms with van der Waals surface area (Å²) in [6, 6.07) is 12.0. The van der Waals surface area contributed by atoms with Crippen molar-refractivity contribution in [3.63, 3.8) is 0 Å². The monoisotopic (exact) mass is 408 g/mol. The molecule has 0 aliphatic rings. The first kappa shape index (κ1) is 23.7. The lowest BCUT2D eigenvalue weighted by Gasteiger charge is -2.10. The van der Waals surface area contributed by atoms with Gasteiger partial charge in [-0.25, -0.2) is 0 Å². The molecular formula is C26H36N2O2. The van der Waals surface area contributed by atoms with E-state index in [1.165, 1.54) is 11.1 Å². The lowest BCUT2D eigenvalue weighted by atomic mass is 10.1. The van der Waals surface area contributed by atoms with E-state index >= 15 is 0 Å². The van der Waals surface area contributed by atoms with Crippen LogP contribution >= 0.6 is 0 Å². The van der Waals surface area contributed by atoms with Gasteiger partial charge in [-0.3, -0.25) is 9.59 Å². The molecule has 0 bridgehead atoms. The summed E-state index contributed by atoms with van der Waals surface area (Å²) in [6.45, 7) is 8.18. The lowest BCUT2D eigenvalue weighted by Crippen LogP contribution is -2.12. The Kier molecular flexibility index (Phi) is 9.59. The predicted molar refractivity (Wildman–Crippen MR) is 126 cm³/mol. The molecule has 4 heteroatoms. The van der Waals surface area contributed by atoms with Crippen molar-refractivity contribution < 1.29 is 9.59 Å². The number of rotatable bonds is 11. The Labute approximate surface area is 181 Å². The van der Waals surface area contributed by atoms with E-state index in [-0.39, 0.29) is 11.8 Å². The zero-order chi connectivity index (χ0) is 21.9. The molecule has 30 heavy (non-hydrogen) atoms. The molecule has 0 aromatic heterocycles. The smallest absolute Gasteiger partial charge is 0.224 e. The molecular weight excluding hydrogens is 372 g/mol. The van der Waals surface area contributed by atoms with Crippen molar-refractivity contribution >= 4 is 23.2 Å². The van der Waals surface area contributed by atoms with Crippen LogP contribution in [-0.4, -0.2) is 11.8 Å². The van der Waals surface area contributed by atoms with E-state index in [1.807, 2.05) is 38.1 Å². The minimum atomic E-state index is 0.0896. The van der Waals surface area contributed by atoms with Crippen LogP contribution in [-0.2, 0) is 9.59 Å². The van der Waals surface area contributed by atoms with Gasteiger partial charge in [-0.15, -0.1) is 0 Å². The normalized spacial score (nSPS) is 10.7. The second kappa shape index (κ2) is 12.2. The molecule has 0 aliphatic heterocycles. The number of carbonyl (C=O) groups is 2. The third-order valence-corrected chi connectivity index (χ3v) is 5.82. The summed E-state index contributed by atoms with van der Waals surface area (Å²) < 4.78 is 0. The van der Waals surface area contributed by atoms with Crippen LogP contribution < -0.4 is 10.6 Å². The molecule has 2 rings (SSSR count). The van der Waals surface area contributed by atoms with Crippen LogP contribution in [0.4, 0.5) is 11.4 Å². The molecule has 2 aromatic carbocycles. The van der Waals surface area contributed by atoms with Gasteiger partial charge in [0.25, 0.3) is 0 Å². The first-order valence-corrected chi connectivity index (χ1v) is 11.1. The Hall–Kier alpha value is -2.62. The van der Waals surface area contributed by atoms with Gasteiger partial charge in [-0.05, 0) is 74.9 Å². The number of nitrogens with one attached hydrogen (secondary N) is 2. The summed E-state index contributed by atoms with van der Waals surface area (Å²) in [7, 11) is 0. The van der Waals surface area contributed by atoms with Gasteiger partial charge in [0, 0.05) is 24.2 Å². The molecule has 2 N–H and O–H groups in total. The van der Waals surface area contributed by atoms with Gasteiger partial charge >= 0.3 is 0 Å². The topological polar surface area (TPSA) is 58.2 Å². The van der Waals surface area contributed by atoms with Gasteiger partial charge in [-0.2, -0.15) is 0 Å². The largest absolute Gasteiger partial charge is 0.326 e. The van der Waals surface area contributed by atoms with Gasteiger partial charge in [0.15, 0.2) is 0 Å². The summed E-state index contributed by atoms with van der Waals surface area (Å²) in [4.78, 5) is 24.3. The third kappa shape index (κ3) is 7.66. The Morgan fingerprint density at radius 2 is 0.967 bits per heavy atom. The van der Waals surface area contributed by atoms with Crippen molar-refractivity contribution in [3.05, 3.63) is 58.7 Å². The van der Waals surface area contributed by atoms with Crippen LogP contribution in [0.3, 0.4) is 0 Å². The highest BCUT2D eigenvalue weighted by Gasteiger charge is 2.07. The molecule has 0 atom stereocenters. The quantitative estimate of drug-likeness (QED) is 0.411. The first-order valence-electron chi connectivity index (χ1n) is 11.1. The number of carbonyl (C=O) groups excluding carboxylic acids is 2. The van der Waals surface area contributed by atoms with Gasteiger partial charge in [0.2, 0.25) is 11.8 Å². The summed E-state index contributed by atoms with van der Waals surface area (Å²) in [5.74, 6) is 0.179. The highest BCUT2D eigenvalue weighted by atomic mass is 16.2. The molecule has 2 aromatic rings. The third-order valence-electron chi connectivity index (χ3n) is 5.82. The van der Waals surface area contributed by atoms with Crippen molar-refractivity contribution in [1.82, 2.24) is 0 Å². The molecule has 0 saturated carbocycles. The van der Waals surface area contributed by atoms with Crippen molar-refractivity contribution in [2.45, 2.75) is 79.1 Å². The average molecular weight is 409 g/mol. The molecule has 2 amide bonds. The number of amides is 2. The van der Waals surface area contributed by atoms with Crippen molar-refractivity contribution in [3.8, 4) is 0 Å². The van der Waals surface area contributed by atoms with Crippen LogP contribution in [0.1, 0.15) is 73.6 Å². The molecule has 0 radical (unpaired) electrons. The maximum absolute atomic E-state index is 12.1. The molecule has 162 valence electrons. The Morgan fingerprint density at radius 1 is 0.600 bits per heavy atom. The Bertz CT molecular complexity index is 787. The van der Waals surface area contributed by atoms with Gasteiger partial charge in [0.05, 0.1) is 0 Å². The summed E-state index contributed by atoms with van der Waals surface area (Å²) in [5, 5.41) is 6.04. The van der Waals surface area contributed by atoms with E-state index < -0.39 is 0 Å². The van der Waals surface area contributed by atoms with E-state index in [4.69, 9.17) is 0 Å². The second-order valence-corrected chi connectivity index (χ2v) is 8.21. The van der Waals surface area contributed by atoms with Crippen molar-refractivity contribution in [2.24, 2.45) is 0 Å². The average Bonchev–Trinajstić information content (AvgIpc) is 2.71. The van der Waals surface area contributed by atoms with Crippen LogP contribution in [0.2, 0.25) is 0 Å². The molecule has 0 unspecified atom stereocenters. The van der Waals surface area contributed by atoms with Gasteiger partial charge in [0.1, 0.15) is 0 Å². The maximum atomic E-state index is 12.1. The first-order chi connectivity index (χ1) is 14.4. The van der Waals surface area contributed by atoms with Gasteiger partial charge < -0.3 is 10.6 Å². The highest BCUT2D eigenvalue weighted by molar-refractivity contribution is 5.92. The minimum Gasteiger partial charge on any atom is -0.326 e. The fraction of sp³-hybridized carbons (Fsp3) is 0.462. The van der Waals surface area contributed by atoms with E-state index in [9.17, 15) is 9.59 Å². The number of hydrogen-bond donors (Lipinski definition) is 2. The SMILES string of the molecule is Cc1cccc(NC(=O)CCCCCCCCC(=O)Nc2cccc(C)c2C)c1C. The second-order valence-electron chi connectivity index (χ2n) is 8.21. The van der Waals surface area contributed by atoms with Crippen molar-refractivity contribution in [2.75, 3.05) is 10.6 Å². The molecule has 0 aliphatic carbocycles. The minimum absolute atomic E-state index is 0.0896. The lowest BCUT2D eigenvalue weighted by molar-refractivity contribution is -0.117. The molecule has 0 spiro atoms. The van der Waals surface area contributed by atoms with Crippen LogP contribution in [0.5, 0.6) is 0 Å². The highest BCUT2D eigenvalue weighted by Crippen LogP contribution is 2.20. The zero-order valence-corrected chi connectivity index (χ0v) is 18.9. The standard InChI is InChI=1S/C26H36N2O2/c1-19-13-11-15-23(21(19)3)27-25(29)17-9-7-5-6-8-10-18-26(30)28-24-16-12-14-20(2)22(24)4/h11-16H,5-10,17-18H2,1-4H3,(H,27,29)(H,28,30). The Morgan fingerprint density at radius 3 is 1.37 bits per heavy atom. The number of anilines is 2. The van der Waals surface area contributed by atoms with Crippen LogP contribution in [0, 0.1) is 27.7 Å². The summed E-state index contributed by atoms with van der Waals surface area (Å²) in [6.07, 6.45) is 7.25. The fourth-order valence-corrected chi connectivity index (χ4v) is 3.48. The molecule has 0 saturated heterocycles. The summed E-state index contributed by atoms with van der Waals surface area (Å²) in [5.41, 5.74) is 6.48. The van der Waals surface area contributed by atoms with E-state index in [0.717, 1.165) is 61.0 Å². The van der Waals surface area contributed by atoms with Crippen molar-refractivity contribution in [1.29, 1.82) is 0 Å². The predicted octanol–water partition coefficient (Wildman–Crippen LogP) is 6.62. The van der Waals surface area contributed by atoms with Gasteiger partial charge in [-0.1, -0.05) is 49.9 Å². The van der Waals surface area contributed by atoms with Crippen LogP contribution in [0.15, 0.2) is 36.4 Å². The molecule has 0 fully saturated rings. The van der Waals surface area contributed by atoms with E-state index in [2.05, 4.69) is 36.6 Å². The van der Waals surface area contributed by atoms with Crippen LogP contribution in [0.25, 0.3) is 0 Å². The fourth-order valence-electron chi connectivity index (χ4n) is 3.48. The number of hydrogen-bond acceptors (Lipinski definition) is 2. The van der Waals surface area contributed by atoms with E-state index in [0.29, 0.717) is 12.8 Å². The summed E-state index contributed by atoms with van der Waals surface area (Å²) >= 11 is 0. The zero-order valence-electron chi connectivity index (χ0n) is 18.9. The maximum Gasteiger partial charge on any atom is 0.224 e. The van der Waals surface area contributed by atoms with E-state index in [1.54, 1.807) is 0 Å². The molecule has 0 heterocycles. The number of aryl methyl sites for hydroxylation is 2. The number of benzene rings is 2. The Balaban J connectivity index is 1.52. The molecule has 4 nitrogen and oxygen atoms in total.